The minimum atomic E-state index is -0.737. The summed E-state index contributed by atoms with van der Waals surface area (Å²) in [7, 11) is 0. The van der Waals surface area contributed by atoms with Crippen LogP contribution >= 0.6 is 0 Å². The van der Waals surface area contributed by atoms with Crippen molar-refractivity contribution in [1.82, 2.24) is 5.32 Å². The van der Waals surface area contributed by atoms with Gasteiger partial charge in [0.05, 0.1) is 6.07 Å². The van der Waals surface area contributed by atoms with Crippen LogP contribution in [0.1, 0.15) is 65.2 Å². The zero-order chi connectivity index (χ0) is 13.9. The second-order valence-electron chi connectivity index (χ2n) is 6.60. The highest BCUT2D eigenvalue weighted by molar-refractivity contribution is 5.85. The lowest BCUT2D eigenvalue weighted by Crippen LogP contribution is -2.50. The second-order valence-corrected chi connectivity index (χ2v) is 6.60. The summed E-state index contributed by atoms with van der Waals surface area (Å²) >= 11 is 0. The summed E-state index contributed by atoms with van der Waals surface area (Å²) in [5.74, 6) is 1.20. The van der Waals surface area contributed by atoms with E-state index in [1.54, 1.807) is 0 Å². The molecule has 0 bridgehead atoms. The summed E-state index contributed by atoms with van der Waals surface area (Å²) in [5.41, 5.74) is -0.737. The van der Waals surface area contributed by atoms with E-state index < -0.39 is 5.41 Å². The number of rotatable bonds is 2. The van der Waals surface area contributed by atoms with Gasteiger partial charge < -0.3 is 5.32 Å². The summed E-state index contributed by atoms with van der Waals surface area (Å²) < 4.78 is 0. The van der Waals surface area contributed by atoms with Crippen LogP contribution in [0.4, 0.5) is 0 Å². The van der Waals surface area contributed by atoms with Crippen LogP contribution < -0.4 is 5.32 Å². The molecule has 19 heavy (non-hydrogen) atoms. The largest absolute Gasteiger partial charge is 0.352 e. The van der Waals surface area contributed by atoms with Crippen molar-refractivity contribution in [1.29, 1.82) is 5.26 Å². The molecule has 2 rings (SSSR count). The molecule has 3 heteroatoms. The highest BCUT2D eigenvalue weighted by Gasteiger charge is 2.41. The number of carbonyl (C=O) groups excluding carboxylic acids is 1. The Morgan fingerprint density at radius 1 is 1.16 bits per heavy atom. The Bertz CT molecular complexity index is 365. The van der Waals surface area contributed by atoms with Crippen molar-refractivity contribution >= 4 is 5.91 Å². The topological polar surface area (TPSA) is 52.9 Å². The van der Waals surface area contributed by atoms with Crippen molar-refractivity contribution in [2.45, 2.75) is 71.3 Å². The maximum Gasteiger partial charge on any atom is 0.240 e. The summed E-state index contributed by atoms with van der Waals surface area (Å²) in [6.07, 6.45) is 8.19. The van der Waals surface area contributed by atoms with E-state index in [1.807, 2.05) is 0 Å². The Balaban J connectivity index is 2.01. The molecule has 2 fully saturated rings. The van der Waals surface area contributed by atoms with E-state index in [0.717, 1.165) is 38.5 Å². The molecule has 2 aliphatic carbocycles. The molecule has 0 aromatic carbocycles. The molecule has 3 atom stereocenters. The maximum absolute atomic E-state index is 12.5. The summed E-state index contributed by atoms with van der Waals surface area (Å²) in [6, 6.07) is 2.59. The number of nitrogens with one attached hydrogen (secondary N) is 1. The van der Waals surface area contributed by atoms with Crippen molar-refractivity contribution in [3.63, 3.8) is 0 Å². The minimum Gasteiger partial charge on any atom is -0.352 e. The van der Waals surface area contributed by atoms with Gasteiger partial charge in [-0.1, -0.05) is 46.0 Å². The third-order valence-electron chi connectivity index (χ3n) is 5.38. The first-order valence-electron chi connectivity index (χ1n) is 7.81. The Morgan fingerprint density at radius 3 is 2.47 bits per heavy atom. The third kappa shape index (κ3) is 2.94. The molecule has 3 nitrogen and oxygen atoms in total. The van der Waals surface area contributed by atoms with E-state index in [1.165, 1.54) is 12.8 Å². The standard InChI is InChI=1S/C16H26N2O/c1-12-7-6-8-14(13(12)2)18-15(19)16(11-17)9-4-3-5-10-16/h12-14H,3-10H2,1-2H3,(H,18,19). The van der Waals surface area contributed by atoms with E-state index in [9.17, 15) is 10.1 Å². The van der Waals surface area contributed by atoms with E-state index in [0.29, 0.717) is 11.8 Å². The van der Waals surface area contributed by atoms with Crippen molar-refractivity contribution in [3.05, 3.63) is 0 Å². The van der Waals surface area contributed by atoms with Crippen molar-refractivity contribution in [3.8, 4) is 6.07 Å². The van der Waals surface area contributed by atoms with E-state index >= 15 is 0 Å². The summed E-state index contributed by atoms with van der Waals surface area (Å²) in [6.45, 7) is 4.50. The van der Waals surface area contributed by atoms with E-state index in [2.05, 4.69) is 25.2 Å². The van der Waals surface area contributed by atoms with Crippen LogP contribution in [-0.4, -0.2) is 11.9 Å². The predicted octanol–water partition coefficient (Wildman–Crippen LogP) is 3.40. The number of hydrogen-bond acceptors (Lipinski definition) is 2. The van der Waals surface area contributed by atoms with Gasteiger partial charge in [-0.05, 0) is 31.1 Å². The molecule has 2 saturated carbocycles. The van der Waals surface area contributed by atoms with E-state index in [4.69, 9.17) is 0 Å². The average Bonchev–Trinajstić information content (AvgIpc) is 2.44. The predicted molar refractivity (Wildman–Crippen MR) is 75.2 cm³/mol. The van der Waals surface area contributed by atoms with Crippen LogP contribution in [0.5, 0.6) is 0 Å². The third-order valence-corrected chi connectivity index (χ3v) is 5.38. The quantitative estimate of drug-likeness (QED) is 0.829. The van der Waals surface area contributed by atoms with Gasteiger partial charge in [-0.3, -0.25) is 4.79 Å². The van der Waals surface area contributed by atoms with Crippen LogP contribution in [0.2, 0.25) is 0 Å². The minimum absolute atomic E-state index is 0.000602. The highest BCUT2D eigenvalue weighted by Crippen LogP contribution is 2.37. The molecule has 0 aromatic heterocycles. The number of amides is 1. The molecule has 1 N–H and O–H groups in total. The van der Waals surface area contributed by atoms with Gasteiger partial charge in [0, 0.05) is 6.04 Å². The van der Waals surface area contributed by atoms with Gasteiger partial charge in [-0.15, -0.1) is 0 Å². The molecule has 0 saturated heterocycles. The highest BCUT2D eigenvalue weighted by atomic mass is 16.2. The molecule has 1 amide bonds. The summed E-state index contributed by atoms with van der Waals surface area (Å²) in [5, 5.41) is 12.6. The molecular weight excluding hydrogens is 236 g/mol. The van der Waals surface area contributed by atoms with Gasteiger partial charge in [-0.25, -0.2) is 0 Å². The number of carbonyl (C=O) groups is 1. The lowest BCUT2D eigenvalue weighted by atomic mass is 9.73. The lowest BCUT2D eigenvalue weighted by molar-refractivity contribution is -0.131. The number of nitriles is 1. The van der Waals surface area contributed by atoms with E-state index in [-0.39, 0.29) is 11.9 Å². The van der Waals surface area contributed by atoms with Gasteiger partial charge in [-0.2, -0.15) is 5.26 Å². The zero-order valence-electron chi connectivity index (χ0n) is 12.2. The molecule has 0 spiro atoms. The molecule has 3 unspecified atom stereocenters. The lowest BCUT2D eigenvalue weighted by Gasteiger charge is -2.37. The first kappa shape index (κ1) is 14.4. The number of hydrogen-bond donors (Lipinski definition) is 1. The fourth-order valence-corrected chi connectivity index (χ4v) is 3.64. The average molecular weight is 262 g/mol. The zero-order valence-corrected chi connectivity index (χ0v) is 12.2. The van der Waals surface area contributed by atoms with Crippen molar-refractivity contribution in [2.75, 3.05) is 0 Å². The Kier molecular flexibility index (Phi) is 4.50. The molecule has 106 valence electrons. The monoisotopic (exact) mass is 262 g/mol. The van der Waals surface area contributed by atoms with Crippen molar-refractivity contribution in [2.24, 2.45) is 17.3 Å². The van der Waals surface area contributed by atoms with Gasteiger partial charge >= 0.3 is 0 Å². The molecule has 0 aliphatic heterocycles. The van der Waals surface area contributed by atoms with Crippen LogP contribution in [0.25, 0.3) is 0 Å². The van der Waals surface area contributed by atoms with Crippen LogP contribution in [0, 0.1) is 28.6 Å². The molecular formula is C16H26N2O. The normalized spacial score (nSPS) is 34.3. The van der Waals surface area contributed by atoms with Gasteiger partial charge in [0.1, 0.15) is 5.41 Å². The second kappa shape index (κ2) is 5.94. The van der Waals surface area contributed by atoms with Crippen LogP contribution in [0.3, 0.4) is 0 Å². The molecule has 0 aromatic rings. The fourth-order valence-electron chi connectivity index (χ4n) is 3.64. The molecule has 0 radical (unpaired) electrons. The van der Waals surface area contributed by atoms with Gasteiger partial charge in [0.25, 0.3) is 0 Å². The smallest absolute Gasteiger partial charge is 0.240 e. The van der Waals surface area contributed by atoms with Crippen LogP contribution in [0.15, 0.2) is 0 Å². The Hall–Kier alpha value is -1.04. The maximum atomic E-state index is 12.5. The first-order valence-corrected chi connectivity index (χ1v) is 7.81. The fraction of sp³-hybridized carbons (Fsp3) is 0.875. The van der Waals surface area contributed by atoms with Crippen LogP contribution in [-0.2, 0) is 4.79 Å². The van der Waals surface area contributed by atoms with Gasteiger partial charge in [0.2, 0.25) is 5.91 Å². The Labute approximate surface area is 116 Å². The number of nitrogens with zero attached hydrogens (tertiary/aromatic N) is 1. The first-order chi connectivity index (χ1) is 9.09. The SMILES string of the molecule is CC1CCCC(NC(=O)C2(C#N)CCCCC2)C1C. The molecule has 2 aliphatic rings. The van der Waals surface area contributed by atoms with Gasteiger partial charge in [0.15, 0.2) is 0 Å². The Morgan fingerprint density at radius 2 is 1.84 bits per heavy atom. The molecule has 0 heterocycles. The van der Waals surface area contributed by atoms with Crippen molar-refractivity contribution < 1.29 is 4.79 Å². The summed E-state index contributed by atoms with van der Waals surface area (Å²) in [4.78, 5) is 12.5.